The normalized spacial score (nSPS) is 18.1. The second kappa shape index (κ2) is 8.31. The van der Waals surface area contributed by atoms with Crippen LogP contribution in [0.3, 0.4) is 0 Å². The molecule has 6 nitrogen and oxygen atoms in total. The Labute approximate surface area is 129 Å². The third-order valence-electron chi connectivity index (χ3n) is 3.26. The van der Waals surface area contributed by atoms with Gasteiger partial charge in [-0.15, -0.1) is 0 Å². The first-order valence-corrected chi connectivity index (χ1v) is 7.26. The van der Waals surface area contributed by atoms with Crippen LogP contribution >= 0.6 is 0 Å². The van der Waals surface area contributed by atoms with Crippen LogP contribution in [0.15, 0.2) is 30.3 Å². The Bertz CT molecular complexity index is 534. The van der Waals surface area contributed by atoms with Gasteiger partial charge in [-0.25, -0.2) is 10.3 Å². The molecule has 2 amide bonds. The number of benzene rings is 1. The Hall–Kier alpha value is -2.18. The molecule has 1 aromatic rings. The lowest BCUT2D eigenvalue weighted by Gasteiger charge is -2.21. The molecule has 0 spiro atoms. The minimum Gasteiger partial charge on any atom is -0.355 e. The highest BCUT2D eigenvalue weighted by Crippen LogP contribution is 2.12. The Morgan fingerprint density at radius 1 is 1.27 bits per heavy atom. The fraction of sp³-hybridized carbons (Fsp3) is 0.375. The first kappa shape index (κ1) is 16.2. The largest absolute Gasteiger partial charge is 0.355 e. The number of hydrogen-bond acceptors (Lipinski definition) is 4. The highest BCUT2D eigenvalue weighted by Gasteiger charge is 2.14. The number of amides is 2. The summed E-state index contributed by atoms with van der Waals surface area (Å²) in [5.41, 5.74) is 3.73. The van der Waals surface area contributed by atoms with Gasteiger partial charge in [-0.3, -0.25) is 9.59 Å². The molecule has 1 atom stereocenters. The van der Waals surface area contributed by atoms with Crippen LogP contribution in [0, 0.1) is 0 Å². The molecule has 1 aromatic carbocycles. The highest BCUT2D eigenvalue weighted by atomic mass is 16.8. The third-order valence-corrected chi connectivity index (χ3v) is 3.26. The Morgan fingerprint density at radius 3 is 2.68 bits per heavy atom. The van der Waals surface area contributed by atoms with E-state index in [2.05, 4.69) is 10.8 Å². The van der Waals surface area contributed by atoms with Gasteiger partial charge in [0, 0.05) is 31.7 Å². The van der Waals surface area contributed by atoms with E-state index in [0.717, 1.165) is 24.8 Å². The van der Waals surface area contributed by atoms with E-state index >= 15 is 0 Å². The van der Waals surface area contributed by atoms with E-state index in [4.69, 9.17) is 9.57 Å². The first-order chi connectivity index (χ1) is 10.7. The number of carbonyl (C=O) groups is 2. The number of nitrogens with one attached hydrogen (secondary N) is 2. The Balaban J connectivity index is 1.80. The third kappa shape index (κ3) is 4.98. The molecule has 6 heteroatoms. The summed E-state index contributed by atoms with van der Waals surface area (Å²) in [4.78, 5) is 28.2. The lowest BCUT2D eigenvalue weighted by molar-refractivity contribution is -0.198. The summed E-state index contributed by atoms with van der Waals surface area (Å²) in [6.45, 7) is 0.661. The zero-order chi connectivity index (χ0) is 15.8. The van der Waals surface area contributed by atoms with E-state index in [-0.39, 0.29) is 18.1 Å². The van der Waals surface area contributed by atoms with E-state index in [1.165, 1.54) is 6.08 Å². The molecular weight excluding hydrogens is 284 g/mol. The predicted octanol–water partition coefficient (Wildman–Crippen LogP) is 1.63. The summed E-state index contributed by atoms with van der Waals surface area (Å²) >= 11 is 0. The van der Waals surface area contributed by atoms with Crippen molar-refractivity contribution in [1.82, 2.24) is 10.8 Å². The second-order valence-corrected chi connectivity index (χ2v) is 4.91. The van der Waals surface area contributed by atoms with Gasteiger partial charge in [0.2, 0.25) is 0 Å². The van der Waals surface area contributed by atoms with Gasteiger partial charge in [0.25, 0.3) is 11.8 Å². The number of rotatable bonds is 5. The molecule has 0 bridgehead atoms. The number of ether oxygens (including phenoxy) is 1. The molecule has 2 rings (SSSR count). The fourth-order valence-corrected chi connectivity index (χ4v) is 2.02. The molecule has 1 aliphatic heterocycles. The van der Waals surface area contributed by atoms with Crippen molar-refractivity contribution < 1.29 is 19.2 Å². The smallest absolute Gasteiger partial charge is 0.267 e. The molecule has 2 N–H and O–H groups in total. The van der Waals surface area contributed by atoms with Gasteiger partial charge < -0.3 is 10.1 Å². The maximum atomic E-state index is 11.6. The topological polar surface area (TPSA) is 76.7 Å². The van der Waals surface area contributed by atoms with E-state index in [1.54, 1.807) is 37.4 Å². The van der Waals surface area contributed by atoms with Crippen LogP contribution < -0.4 is 10.8 Å². The number of hydrogen-bond donors (Lipinski definition) is 2. The van der Waals surface area contributed by atoms with Crippen LogP contribution in [-0.2, 0) is 14.4 Å². The number of hydroxylamine groups is 1. The highest BCUT2D eigenvalue weighted by molar-refractivity contribution is 5.94. The summed E-state index contributed by atoms with van der Waals surface area (Å²) in [6, 6.07) is 6.92. The standard InChI is InChI=1S/C16H20N2O4/c1-17-16(20)13-8-5-12(6-9-13)7-10-14(19)18-22-15-4-2-3-11-21-15/h5-10,15H,2-4,11H2,1H3,(H,17,20)(H,18,19)/b10-7+. The Kier molecular flexibility index (Phi) is 6.12. The molecule has 1 unspecified atom stereocenters. The lowest BCUT2D eigenvalue weighted by Crippen LogP contribution is -2.32. The number of carbonyl (C=O) groups excluding carboxylic acids is 2. The SMILES string of the molecule is CNC(=O)c1ccc(/C=C/C(=O)NOC2CCCCO2)cc1. The molecule has 1 fully saturated rings. The molecule has 1 saturated heterocycles. The summed E-state index contributed by atoms with van der Waals surface area (Å²) < 4.78 is 5.34. The molecule has 0 radical (unpaired) electrons. The summed E-state index contributed by atoms with van der Waals surface area (Å²) in [5.74, 6) is -0.501. The van der Waals surface area contributed by atoms with Crippen molar-refractivity contribution in [3.05, 3.63) is 41.5 Å². The van der Waals surface area contributed by atoms with Crippen molar-refractivity contribution >= 4 is 17.9 Å². The first-order valence-electron chi connectivity index (χ1n) is 7.26. The van der Waals surface area contributed by atoms with Crippen molar-refractivity contribution in [2.24, 2.45) is 0 Å². The molecule has 0 aliphatic carbocycles. The minimum atomic E-state index is -0.363. The van der Waals surface area contributed by atoms with Crippen molar-refractivity contribution in [3.8, 4) is 0 Å². The molecule has 1 aliphatic rings. The van der Waals surface area contributed by atoms with E-state index in [9.17, 15) is 9.59 Å². The molecule has 118 valence electrons. The zero-order valence-corrected chi connectivity index (χ0v) is 12.5. The van der Waals surface area contributed by atoms with Gasteiger partial charge in [-0.2, -0.15) is 0 Å². The maximum absolute atomic E-state index is 11.6. The predicted molar refractivity (Wildman–Crippen MR) is 81.7 cm³/mol. The second-order valence-electron chi connectivity index (χ2n) is 4.91. The van der Waals surface area contributed by atoms with Crippen molar-refractivity contribution in [2.45, 2.75) is 25.6 Å². The van der Waals surface area contributed by atoms with Crippen LogP contribution in [0.2, 0.25) is 0 Å². The van der Waals surface area contributed by atoms with Gasteiger partial charge in [0.15, 0.2) is 6.29 Å². The maximum Gasteiger partial charge on any atom is 0.267 e. The quantitative estimate of drug-likeness (QED) is 0.640. The van der Waals surface area contributed by atoms with E-state index < -0.39 is 0 Å². The van der Waals surface area contributed by atoms with Crippen LogP contribution in [0.5, 0.6) is 0 Å². The van der Waals surface area contributed by atoms with E-state index in [0.29, 0.717) is 12.2 Å². The monoisotopic (exact) mass is 304 g/mol. The van der Waals surface area contributed by atoms with Gasteiger partial charge >= 0.3 is 0 Å². The molecule has 1 heterocycles. The molecular formula is C16H20N2O4. The summed E-state index contributed by atoms with van der Waals surface area (Å²) in [6.07, 6.45) is 5.50. The fourth-order valence-electron chi connectivity index (χ4n) is 2.02. The average Bonchev–Trinajstić information content (AvgIpc) is 2.58. The Morgan fingerprint density at radius 2 is 2.05 bits per heavy atom. The van der Waals surface area contributed by atoms with Crippen LogP contribution in [-0.4, -0.2) is 31.8 Å². The van der Waals surface area contributed by atoms with Gasteiger partial charge in [0.1, 0.15) is 0 Å². The minimum absolute atomic E-state index is 0.144. The van der Waals surface area contributed by atoms with Gasteiger partial charge in [-0.1, -0.05) is 12.1 Å². The molecule has 0 saturated carbocycles. The van der Waals surface area contributed by atoms with Crippen molar-refractivity contribution in [3.63, 3.8) is 0 Å². The lowest BCUT2D eigenvalue weighted by atomic mass is 10.1. The molecule has 22 heavy (non-hydrogen) atoms. The summed E-state index contributed by atoms with van der Waals surface area (Å²) in [5, 5.41) is 2.55. The average molecular weight is 304 g/mol. The zero-order valence-electron chi connectivity index (χ0n) is 12.5. The van der Waals surface area contributed by atoms with Crippen LogP contribution in [0.1, 0.15) is 35.2 Å². The van der Waals surface area contributed by atoms with Crippen molar-refractivity contribution in [2.75, 3.05) is 13.7 Å². The molecule has 0 aromatic heterocycles. The summed E-state index contributed by atoms with van der Waals surface area (Å²) in [7, 11) is 1.58. The van der Waals surface area contributed by atoms with Gasteiger partial charge in [-0.05, 0) is 36.6 Å². The van der Waals surface area contributed by atoms with Crippen molar-refractivity contribution in [1.29, 1.82) is 0 Å². The van der Waals surface area contributed by atoms with E-state index in [1.807, 2.05) is 0 Å². The van der Waals surface area contributed by atoms with Gasteiger partial charge in [0.05, 0.1) is 0 Å². The van der Waals surface area contributed by atoms with Crippen LogP contribution in [0.25, 0.3) is 6.08 Å². The van der Waals surface area contributed by atoms with Crippen LogP contribution in [0.4, 0.5) is 0 Å².